The summed E-state index contributed by atoms with van der Waals surface area (Å²) in [7, 11) is 0. The van der Waals surface area contributed by atoms with Crippen molar-refractivity contribution in [1.82, 2.24) is 19.7 Å². The van der Waals surface area contributed by atoms with Gasteiger partial charge >= 0.3 is 0 Å². The maximum atomic E-state index is 11.5. The molecule has 1 saturated carbocycles. The van der Waals surface area contributed by atoms with Crippen LogP contribution in [0.2, 0.25) is 0 Å². The number of nitriles is 1. The highest BCUT2D eigenvalue weighted by atomic mass is 32.2. The molecule has 144 valence electrons. The van der Waals surface area contributed by atoms with Crippen LogP contribution in [0.25, 0.3) is 22.1 Å². The van der Waals surface area contributed by atoms with Gasteiger partial charge in [0, 0.05) is 11.1 Å². The monoisotopic (exact) mass is 401 g/mol. The average molecular weight is 401 g/mol. The number of thioether (sulfide) groups is 1. The minimum Gasteiger partial charge on any atom is -0.278 e. The smallest absolute Gasteiger partial charge is 0.219 e. The van der Waals surface area contributed by atoms with Gasteiger partial charge in [0.15, 0.2) is 5.65 Å². The Morgan fingerprint density at radius 2 is 1.90 bits per heavy atom. The van der Waals surface area contributed by atoms with E-state index in [0.29, 0.717) is 27.6 Å². The van der Waals surface area contributed by atoms with E-state index in [0.717, 1.165) is 28.8 Å². The fourth-order valence-electron chi connectivity index (χ4n) is 2.88. The summed E-state index contributed by atoms with van der Waals surface area (Å²) in [4.78, 5) is 16.0. The normalized spacial score (nSPS) is 13.0. The van der Waals surface area contributed by atoms with Gasteiger partial charge in [0.05, 0.1) is 17.1 Å². The van der Waals surface area contributed by atoms with Crippen LogP contribution in [0.1, 0.15) is 30.9 Å². The molecular formula is C22H19N5OS. The van der Waals surface area contributed by atoms with Crippen LogP contribution in [0.15, 0.2) is 53.7 Å². The van der Waals surface area contributed by atoms with Crippen molar-refractivity contribution in [3.8, 4) is 6.07 Å². The summed E-state index contributed by atoms with van der Waals surface area (Å²) in [6.07, 6.45) is 3.71. The Kier molecular flexibility index (Phi) is 5.54. The fourth-order valence-corrected chi connectivity index (χ4v) is 3.66. The van der Waals surface area contributed by atoms with E-state index in [1.807, 2.05) is 42.5 Å². The Hall–Kier alpha value is -3.24. The Morgan fingerprint density at radius 3 is 2.62 bits per heavy atom. The van der Waals surface area contributed by atoms with Gasteiger partial charge in [0.2, 0.25) is 11.6 Å². The quantitative estimate of drug-likeness (QED) is 0.367. The molecule has 6 nitrogen and oxygen atoms in total. The van der Waals surface area contributed by atoms with Crippen LogP contribution in [-0.4, -0.2) is 26.2 Å². The Balaban J connectivity index is 0.000000458. The SMILES string of the molecule is CC1CC1.N#Cc1ccccc1CSc1nnc2c3ccccc3n(C=O)c2n1. The van der Waals surface area contributed by atoms with Crippen LogP contribution < -0.4 is 0 Å². The van der Waals surface area contributed by atoms with Crippen molar-refractivity contribution in [2.24, 2.45) is 5.92 Å². The van der Waals surface area contributed by atoms with Gasteiger partial charge in [-0.1, -0.05) is 67.9 Å². The zero-order valence-electron chi connectivity index (χ0n) is 15.9. The van der Waals surface area contributed by atoms with Crippen molar-refractivity contribution in [2.45, 2.75) is 30.7 Å². The zero-order valence-corrected chi connectivity index (χ0v) is 16.8. The molecule has 0 aliphatic heterocycles. The predicted molar refractivity (Wildman–Crippen MR) is 114 cm³/mol. The molecular weight excluding hydrogens is 382 g/mol. The fraction of sp³-hybridized carbons (Fsp3) is 0.227. The summed E-state index contributed by atoms with van der Waals surface area (Å²) in [5, 5.41) is 18.9. The van der Waals surface area contributed by atoms with Gasteiger partial charge in [0.1, 0.15) is 5.52 Å². The summed E-state index contributed by atoms with van der Waals surface area (Å²) in [5.41, 5.74) is 3.39. The molecule has 4 aromatic rings. The molecule has 2 aromatic carbocycles. The number of aromatic nitrogens is 4. The number of carbonyl (C=O) groups is 1. The van der Waals surface area contributed by atoms with Crippen molar-refractivity contribution >= 4 is 40.2 Å². The number of carbonyl (C=O) groups excluding carboxylic acids is 1. The minimum atomic E-state index is 0.464. The largest absolute Gasteiger partial charge is 0.278 e. The maximum Gasteiger partial charge on any atom is 0.219 e. The van der Waals surface area contributed by atoms with Crippen LogP contribution in [0.4, 0.5) is 0 Å². The van der Waals surface area contributed by atoms with Gasteiger partial charge in [-0.2, -0.15) is 5.26 Å². The lowest BCUT2D eigenvalue weighted by Crippen LogP contribution is -1.99. The summed E-state index contributed by atoms with van der Waals surface area (Å²) < 4.78 is 1.48. The van der Waals surface area contributed by atoms with Crippen LogP contribution in [0.3, 0.4) is 0 Å². The second kappa shape index (κ2) is 8.41. The lowest BCUT2D eigenvalue weighted by Gasteiger charge is -2.02. The highest BCUT2D eigenvalue weighted by molar-refractivity contribution is 7.98. The second-order valence-corrected chi connectivity index (χ2v) is 7.94. The first-order chi connectivity index (χ1) is 14.2. The molecule has 2 heterocycles. The first-order valence-corrected chi connectivity index (χ1v) is 10.4. The summed E-state index contributed by atoms with van der Waals surface area (Å²) in [6.45, 7) is 2.28. The molecule has 7 heteroatoms. The van der Waals surface area contributed by atoms with E-state index in [1.54, 1.807) is 6.07 Å². The molecule has 0 unspecified atom stereocenters. The minimum absolute atomic E-state index is 0.464. The van der Waals surface area contributed by atoms with Crippen molar-refractivity contribution in [3.05, 3.63) is 59.7 Å². The number of rotatable bonds is 4. The van der Waals surface area contributed by atoms with Crippen molar-refractivity contribution in [3.63, 3.8) is 0 Å². The molecule has 0 N–H and O–H groups in total. The molecule has 0 spiro atoms. The molecule has 1 aliphatic carbocycles. The number of hydrogen-bond acceptors (Lipinski definition) is 6. The highest BCUT2D eigenvalue weighted by Gasteiger charge is 2.14. The van der Waals surface area contributed by atoms with E-state index in [4.69, 9.17) is 5.26 Å². The van der Waals surface area contributed by atoms with E-state index in [2.05, 4.69) is 28.2 Å². The van der Waals surface area contributed by atoms with E-state index < -0.39 is 0 Å². The van der Waals surface area contributed by atoms with E-state index in [9.17, 15) is 4.79 Å². The number of nitrogens with zero attached hydrogens (tertiary/aromatic N) is 5. The topological polar surface area (TPSA) is 84.5 Å². The van der Waals surface area contributed by atoms with Crippen molar-refractivity contribution in [1.29, 1.82) is 5.26 Å². The first-order valence-electron chi connectivity index (χ1n) is 9.40. The molecule has 1 aliphatic rings. The van der Waals surface area contributed by atoms with Gasteiger partial charge in [-0.15, -0.1) is 10.2 Å². The third-order valence-corrected chi connectivity index (χ3v) is 5.65. The molecule has 5 rings (SSSR count). The molecule has 1 fully saturated rings. The molecule has 0 radical (unpaired) electrons. The third-order valence-electron chi connectivity index (χ3n) is 4.76. The van der Waals surface area contributed by atoms with Crippen molar-refractivity contribution in [2.75, 3.05) is 0 Å². The summed E-state index contributed by atoms with van der Waals surface area (Å²) >= 11 is 1.38. The van der Waals surface area contributed by atoms with Crippen LogP contribution in [-0.2, 0) is 10.5 Å². The molecule has 0 atom stereocenters. The first kappa shape index (κ1) is 19.1. The Morgan fingerprint density at radius 1 is 1.17 bits per heavy atom. The zero-order chi connectivity index (χ0) is 20.2. The summed E-state index contributed by atoms with van der Waals surface area (Å²) in [5.74, 6) is 1.64. The second-order valence-electron chi connectivity index (χ2n) is 7.00. The summed E-state index contributed by atoms with van der Waals surface area (Å²) in [6, 6.07) is 17.1. The highest BCUT2D eigenvalue weighted by Crippen LogP contribution is 2.28. The maximum absolute atomic E-state index is 11.5. The van der Waals surface area contributed by atoms with E-state index >= 15 is 0 Å². The molecule has 0 saturated heterocycles. The predicted octanol–water partition coefficient (Wildman–Crippen LogP) is 4.60. The van der Waals surface area contributed by atoms with Crippen molar-refractivity contribution < 1.29 is 4.79 Å². The molecule has 0 bridgehead atoms. The Bertz CT molecular complexity index is 1220. The van der Waals surface area contributed by atoms with Crippen LogP contribution in [0.5, 0.6) is 0 Å². The van der Waals surface area contributed by atoms with Crippen LogP contribution in [0, 0.1) is 17.2 Å². The van der Waals surface area contributed by atoms with Gasteiger partial charge < -0.3 is 0 Å². The lowest BCUT2D eigenvalue weighted by molar-refractivity contribution is 0.550. The molecule has 29 heavy (non-hydrogen) atoms. The third kappa shape index (κ3) is 4.13. The standard InChI is InChI=1S/C18H11N5OS.C4H8/c19-9-12-5-1-2-6-13(12)10-25-18-20-17-16(21-22-18)14-7-3-4-8-15(14)23(17)11-24;1-4-2-3-4/h1-8,11H,10H2;4H,2-3H2,1H3. The number of hydrogen-bond donors (Lipinski definition) is 0. The molecule has 0 amide bonds. The number of fused-ring (bicyclic) bond motifs is 3. The van der Waals surface area contributed by atoms with E-state index in [1.165, 1.54) is 29.2 Å². The van der Waals surface area contributed by atoms with Gasteiger partial charge in [-0.25, -0.2) is 4.98 Å². The van der Waals surface area contributed by atoms with E-state index in [-0.39, 0.29) is 0 Å². The van der Waals surface area contributed by atoms with Gasteiger partial charge in [0.25, 0.3) is 0 Å². The number of para-hydroxylation sites is 1. The Labute approximate surface area is 172 Å². The molecule has 2 aromatic heterocycles. The lowest BCUT2D eigenvalue weighted by atomic mass is 10.1. The van der Waals surface area contributed by atoms with Gasteiger partial charge in [-0.05, 0) is 23.6 Å². The van der Waals surface area contributed by atoms with Crippen LogP contribution >= 0.6 is 11.8 Å². The average Bonchev–Trinajstić information content (AvgIpc) is 3.49. The number of benzene rings is 2. The van der Waals surface area contributed by atoms with Gasteiger partial charge in [-0.3, -0.25) is 9.36 Å².